The number of rotatable bonds is 3. The lowest BCUT2D eigenvalue weighted by molar-refractivity contribution is -0.129. The Hall–Kier alpha value is -1.35. The van der Waals surface area contributed by atoms with Gasteiger partial charge in [-0.2, -0.15) is 0 Å². The normalized spacial score (nSPS) is 25.9. The first-order valence-electron chi connectivity index (χ1n) is 8.23. The topological polar surface area (TPSA) is 23.6 Å². The van der Waals surface area contributed by atoms with Crippen molar-refractivity contribution in [2.45, 2.75) is 45.7 Å². The van der Waals surface area contributed by atoms with Gasteiger partial charge in [0, 0.05) is 39.1 Å². The highest BCUT2D eigenvalue weighted by Gasteiger charge is 2.35. The molecule has 0 unspecified atom stereocenters. The maximum absolute atomic E-state index is 11.7. The summed E-state index contributed by atoms with van der Waals surface area (Å²) in [6.07, 6.45) is 3.61. The maximum atomic E-state index is 11.7. The number of nitrogens with zero attached hydrogens (tertiary/aromatic N) is 2. The van der Waals surface area contributed by atoms with Gasteiger partial charge in [0.05, 0.1) is 0 Å². The van der Waals surface area contributed by atoms with E-state index in [1.165, 1.54) is 24.0 Å². The molecule has 3 aliphatic rings. The van der Waals surface area contributed by atoms with E-state index in [0.29, 0.717) is 12.0 Å². The summed E-state index contributed by atoms with van der Waals surface area (Å²) in [6, 6.07) is 9.56. The SMILES string of the molecule is CCc1ccc(CN2C[C@H]3CC[C@@H]2CN(C(C)=O)C3)cc1. The van der Waals surface area contributed by atoms with Crippen LogP contribution in [0.5, 0.6) is 0 Å². The molecule has 0 radical (unpaired) electrons. The molecule has 2 atom stereocenters. The van der Waals surface area contributed by atoms with Crippen molar-refractivity contribution >= 4 is 5.91 Å². The Kier molecular flexibility index (Phi) is 4.29. The molecule has 0 spiro atoms. The molecule has 3 heterocycles. The van der Waals surface area contributed by atoms with Gasteiger partial charge in [-0.1, -0.05) is 31.2 Å². The van der Waals surface area contributed by atoms with Gasteiger partial charge in [-0.05, 0) is 36.3 Å². The third-order valence-electron chi connectivity index (χ3n) is 5.09. The number of hydrogen-bond donors (Lipinski definition) is 0. The second kappa shape index (κ2) is 6.18. The standard InChI is InChI=1S/C18H26N2O/c1-3-15-4-6-16(7-5-15)10-20-12-17-8-9-18(20)13-19(11-17)14(2)21/h4-7,17-18H,3,8-13H2,1-2H3/t17-,18+/m0/s1. The molecule has 1 amide bonds. The highest BCUT2D eigenvalue weighted by atomic mass is 16.2. The molecule has 2 bridgehead atoms. The summed E-state index contributed by atoms with van der Waals surface area (Å²) >= 11 is 0. The highest BCUT2D eigenvalue weighted by Crippen LogP contribution is 2.29. The number of amides is 1. The Labute approximate surface area is 127 Å². The zero-order chi connectivity index (χ0) is 14.8. The molecule has 0 aromatic heterocycles. The van der Waals surface area contributed by atoms with Crippen LogP contribution in [0.2, 0.25) is 0 Å². The first kappa shape index (κ1) is 14.6. The van der Waals surface area contributed by atoms with Crippen molar-refractivity contribution in [2.24, 2.45) is 5.92 Å². The van der Waals surface area contributed by atoms with Crippen LogP contribution in [0.3, 0.4) is 0 Å². The van der Waals surface area contributed by atoms with Crippen molar-refractivity contribution < 1.29 is 4.79 Å². The molecule has 21 heavy (non-hydrogen) atoms. The lowest BCUT2D eigenvalue weighted by Crippen LogP contribution is -2.43. The highest BCUT2D eigenvalue weighted by molar-refractivity contribution is 5.73. The number of fused-ring (bicyclic) bond motifs is 4. The van der Waals surface area contributed by atoms with E-state index in [-0.39, 0.29) is 5.91 Å². The van der Waals surface area contributed by atoms with Crippen LogP contribution in [-0.2, 0) is 17.8 Å². The molecule has 3 aliphatic heterocycles. The summed E-state index contributed by atoms with van der Waals surface area (Å²) in [5.74, 6) is 0.892. The molecule has 3 fully saturated rings. The second-order valence-electron chi connectivity index (χ2n) is 6.62. The van der Waals surface area contributed by atoms with E-state index >= 15 is 0 Å². The number of carbonyl (C=O) groups is 1. The first-order chi connectivity index (χ1) is 10.2. The van der Waals surface area contributed by atoms with Crippen molar-refractivity contribution in [3.8, 4) is 0 Å². The predicted octanol–water partition coefficient (Wildman–Crippen LogP) is 2.69. The molecule has 3 nitrogen and oxygen atoms in total. The van der Waals surface area contributed by atoms with Crippen LogP contribution in [0.25, 0.3) is 0 Å². The molecule has 0 aliphatic carbocycles. The van der Waals surface area contributed by atoms with Crippen molar-refractivity contribution in [3.05, 3.63) is 35.4 Å². The third kappa shape index (κ3) is 3.29. The predicted molar refractivity (Wildman–Crippen MR) is 85.0 cm³/mol. The monoisotopic (exact) mass is 286 g/mol. The quantitative estimate of drug-likeness (QED) is 0.853. The van der Waals surface area contributed by atoms with E-state index in [4.69, 9.17) is 0 Å². The Morgan fingerprint density at radius 3 is 2.48 bits per heavy atom. The zero-order valence-corrected chi connectivity index (χ0v) is 13.2. The third-order valence-corrected chi connectivity index (χ3v) is 5.09. The fourth-order valence-corrected chi connectivity index (χ4v) is 3.74. The van der Waals surface area contributed by atoms with Crippen molar-refractivity contribution in [2.75, 3.05) is 19.6 Å². The summed E-state index contributed by atoms with van der Waals surface area (Å²) in [5, 5.41) is 0. The molecule has 1 aromatic carbocycles. The number of carbonyl (C=O) groups excluding carboxylic acids is 1. The van der Waals surface area contributed by atoms with Crippen LogP contribution in [-0.4, -0.2) is 41.4 Å². The zero-order valence-electron chi connectivity index (χ0n) is 13.2. The van der Waals surface area contributed by atoms with Gasteiger partial charge in [0.2, 0.25) is 5.91 Å². The van der Waals surface area contributed by atoms with Gasteiger partial charge < -0.3 is 4.90 Å². The summed E-state index contributed by atoms with van der Waals surface area (Å²) < 4.78 is 0. The van der Waals surface area contributed by atoms with Gasteiger partial charge in [0.25, 0.3) is 0 Å². The van der Waals surface area contributed by atoms with E-state index in [1.807, 2.05) is 0 Å². The Bertz CT molecular complexity index is 496. The van der Waals surface area contributed by atoms with Crippen molar-refractivity contribution in [1.29, 1.82) is 0 Å². The van der Waals surface area contributed by atoms with E-state index < -0.39 is 0 Å². The average Bonchev–Trinajstić information content (AvgIpc) is 2.80. The average molecular weight is 286 g/mol. The largest absolute Gasteiger partial charge is 0.341 e. The lowest BCUT2D eigenvalue weighted by atomic mass is 9.94. The van der Waals surface area contributed by atoms with Crippen LogP contribution in [0.15, 0.2) is 24.3 Å². The maximum Gasteiger partial charge on any atom is 0.219 e. The van der Waals surface area contributed by atoms with Gasteiger partial charge in [-0.3, -0.25) is 9.69 Å². The Morgan fingerprint density at radius 1 is 1.10 bits per heavy atom. The molecular formula is C18H26N2O. The van der Waals surface area contributed by atoms with Crippen molar-refractivity contribution in [1.82, 2.24) is 9.80 Å². The lowest BCUT2D eigenvalue weighted by Gasteiger charge is -2.36. The van der Waals surface area contributed by atoms with Crippen LogP contribution in [0.4, 0.5) is 0 Å². The fraction of sp³-hybridized carbons (Fsp3) is 0.611. The molecule has 0 N–H and O–H groups in total. The van der Waals surface area contributed by atoms with Crippen LogP contribution >= 0.6 is 0 Å². The minimum Gasteiger partial charge on any atom is -0.341 e. The fourth-order valence-electron chi connectivity index (χ4n) is 3.74. The summed E-state index contributed by atoms with van der Waals surface area (Å²) in [5.41, 5.74) is 2.80. The first-order valence-corrected chi connectivity index (χ1v) is 8.23. The Morgan fingerprint density at radius 2 is 1.81 bits per heavy atom. The minimum atomic E-state index is 0.237. The molecule has 3 heteroatoms. The van der Waals surface area contributed by atoms with Gasteiger partial charge in [0.1, 0.15) is 0 Å². The molecule has 4 rings (SSSR count). The molecule has 1 aromatic rings. The Balaban J connectivity index is 1.69. The van der Waals surface area contributed by atoms with E-state index in [2.05, 4.69) is 41.0 Å². The number of benzene rings is 1. The van der Waals surface area contributed by atoms with E-state index in [1.54, 1.807) is 6.92 Å². The number of aryl methyl sites for hydroxylation is 1. The van der Waals surface area contributed by atoms with Crippen LogP contribution in [0, 0.1) is 5.92 Å². The van der Waals surface area contributed by atoms with Gasteiger partial charge in [-0.15, -0.1) is 0 Å². The molecule has 0 saturated carbocycles. The van der Waals surface area contributed by atoms with E-state index in [0.717, 1.165) is 32.6 Å². The molecule has 3 saturated heterocycles. The summed E-state index contributed by atoms with van der Waals surface area (Å²) in [7, 11) is 0. The summed E-state index contributed by atoms with van der Waals surface area (Å²) in [4.78, 5) is 16.4. The smallest absolute Gasteiger partial charge is 0.219 e. The molecule has 114 valence electrons. The van der Waals surface area contributed by atoms with E-state index in [9.17, 15) is 4.79 Å². The second-order valence-corrected chi connectivity index (χ2v) is 6.62. The van der Waals surface area contributed by atoms with Gasteiger partial charge in [-0.25, -0.2) is 0 Å². The minimum absolute atomic E-state index is 0.237. The molecular weight excluding hydrogens is 260 g/mol. The van der Waals surface area contributed by atoms with Crippen LogP contribution in [0.1, 0.15) is 37.8 Å². The number of hydrogen-bond acceptors (Lipinski definition) is 2. The number of piperidine rings is 1. The van der Waals surface area contributed by atoms with Crippen molar-refractivity contribution in [3.63, 3.8) is 0 Å². The van der Waals surface area contributed by atoms with Crippen LogP contribution < -0.4 is 0 Å². The summed E-state index contributed by atoms with van der Waals surface area (Å²) in [6.45, 7) is 7.94. The van der Waals surface area contributed by atoms with Gasteiger partial charge in [0.15, 0.2) is 0 Å². The van der Waals surface area contributed by atoms with Gasteiger partial charge >= 0.3 is 0 Å².